The summed E-state index contributed by atoms with van der Waals surface area (Å²) in [5.74, 6) is 1.16. The van der Waals surface area contributed by atoms with E-state index in [2.05, 4.69) is 16.0 Å². The highest BCUT2D eigenvalue weighted by Gasteiger charge is 2.09. The predicted molar refractivity (Wildman–Crippen MR) is 105 cm³/mol. The Morgan fingerprint density at radius 1 is 1.00 bits per heavy atom. The van der Waals surface area contributed by atoms with E-state index in [9.17, 15) is 9.59 Å². The predicted octanol–water partition coefficient (Wildman–Crippen LogP) is 2.74. The summed E-state index contributed by atoms with van der Waals surface area (Å²) in [6.45, 7) is 2.31. The first kappa shape index (κ1) is 20.1. The number of nitrogens with one attached hydrogen (secondary N) is 3. The number of methoxy groups -OCH3 is 2. The summed E-state index contributed by atoms with van der Waals surface area (Å²) in [4.78, 5) is 23.7. The number of amides is 3. The maximum Gasteiger partial charge on any atom is 0.319 e. The normalized spacial score (nSPS) is 10.1. The Hall–Kier alpha value is -3.22. The number of hydrogen-bond acceptors (Lipinski definition) is 4. The Balaban J connectivity index is 1.89. The third-order valence-corrected chi connectivity index (χ3v) is 4.11. The van der Waals surface area contributed by atoms with Crippen LogP contribution < -0.4 is 25.4 Å². The van der Waals surface area contributed by atoms with Crippen LogP contribution in [0.5, 0.6) is 11.5 Å². The molecule has 0 aliphatic carbocycles. The first-order valence-corrected chi connectivity index (χ1v) is 8.57. The van der Waals surface area contributed by atoms with Crippen molar-refractivity contribution < 1.29 is 19.1 Å². The Morgan fingerprint density at radius 3 is 2.37 bits per heavy atom. The van der Waals surface area contributed by atoms with Crippen LogP contribution in [0.1, 0.15) is 21.5 Å². The first-order chi connectivity index (χ1) is 13.0. The molecule has 0 aliphatic rings. The lowest BCUT2D eigenvalue weighted by Crippen LogP contribution is -2.30. The molecule has 2 aromatic rings. The van der Waals surface area contributed by atoms with Crippen molar-refractivity contribution in [2.24, 2.45) is 0 Å². The van der Waals surface area contributed by atoms with Crippen LogP contribution in [0.2, 0.25) is 0 Å². The van der Waals surface area contributed by atoms with Crippen LogP contribution in [-0.2, 0) is 6.42 Å². The summed E-state index contributed by atoms with van der Waals surface area (Å²) >= 11 is 0. The highest BCUT2D eigenvalue weighted by Crippen LogP contribution is 2.27. The molecule has 7 nitrogen and oxygen atoms in total. The van der Waals surface area contributed by atoms with Crippen LogP contribution in [-0.4, -0.2) is 39.8 Å². The van der Waals surface area contributed by atoms with Crippen LogP contribution in [0.3, 0.4) is 0 Å². The van der Waals surface area contributed by atoms with Gasteiger partial charge in [-0.2, -0.15) is 0 Å². The van der Waals surface area contributed by atoms with Gasteiger partial charge in [-0.05, 0) is 54.8 Å². The Bertz CT molecular complexity index is 821. The van der Waals surface area contributed by atoms with E-state index in [1.165, 1.54) is 0 Å². The Morgan fingerprint density at radius 2 is 1.74 bits per heavy atom. The molecule has 0 spiro atoms. The fraction of sp³-hybridized carbons (Fsp3) is 0.300. The number of urea groups is 1. The van der Waals surface area contributed by atoms with E-state index in [4.69, 9.17) is 9.47 Å². The van der Waals surface area contributed by atoms with Crippen molar-refractivity contribution in [3.63, 3.8) is 0 Å². The topological polar surface area (TPSA) is 88.7 Å². The van der Waals surface area contributed by atoms with Gasteiger partial charge in [-0.3, -0.25) is 4.79 Å². The first-order valence-electron chi connectivity index (χ1n) is 8.57. The third-order valence-electron chi connectivity index (χ3n) is 4.11. The van der Waals surface area contributed by atoms with E-state index < -0.39 is 0 Å². The molecular formula is C20H25N3O4. The van der Waals surface area contributed by atoms with Gasteiger partial charge in [0.25, 0.3) is 5.91 Å². The highest BCUT2D eigenvalue weighted by atomic mass is 16.5. The molecule has 144 valence electrons. The molecular weight excluding hydrogens is 346 g/mol. The minimum atomic E-state index is -0.300. The Labute approximate surface area is 159 Å². The number of hydrogen-bond donors (Lipinski definition) is 3. The molecule has 0 atom stereocenters. The minimum absolute atomic E-state index is 0.163. The molecule has 0 fully saturated rings. The summed E-state index contributed by atoms with van der Waals surface area (Å²) in [5, 5.41) is 8.19. The van der Waals surface area contributed by atoms with Crippen molar-refractivity contribution in [2.45, 2.75) is 13.3 Å². The molecule has 2 rings (SSSR count). The average Bonchev–Trinajstić information content (AvgIpc) is 2.68. The molecule has 0 heterocycles. The number of ether oxygens (including phenoxy) is 2. The van der Waals surface area contributed by atoms with Gasteiger partial charge in [-0.1, -0.05) is 6.07 Å². The lowest BCUT2D eigenvalue weighted by molar-refractivity contribution is 0.0963. The van der Waals surface area contributed by atoms with Crippen LogP contribution in [0.15, 0.2) is 36.4 Å². The number of carbonyl (C=O) groups excluding carboxylic acids is 2. The number of aryl methyl sites for hydroxylation is 1. The molecule has 0 saturated heterocycles. The van der Waals surface area contributed by atoms with Gasteiger partial charge < -0.3 is 25.4 Å². The molecule has 3 amide bonds. The summed E-state index contributed by atoms with van der Waals surface area (Å²) in [6.07, 6.45) is 0.655. The van der Waals surface area contributed by atoms with Gasteiger partial charge in [0.2, 0.25) is 0 Å². The van der Waals surface area contributed by atoms with Crippen molar-refractivity contribution in [1.82, 2.24) is 10.6 Å². The van der Waals surface area contributed by atoms with E-state index in [-0.39, 0.29) is 11.9 Å². The molecule has 0 radical (unpaired) electrons. The third kappa shape index (κ3) is 5.37. The van der Waals surface area contributed by atoms with Crippen LogP contribution in [0.4, 0.5) is 10.5 Å². The van der Waals surface area contributed by atoms with Crippen LogP contribution in [0, 0.1) is 6.92 Å². The van der Waals surface area contributed by atoms with Crippen molar-refractivity contribution in [1.29, 1.82) is 0 Å². The largest absolute Gasteiger partial charge is 0.493 e. The SMILES string of the molecule is CNC(=O)c1ccc(NC(=O)NCCc2ccc(OC)c(OC)c2)c(C)c1. The summed E-state index contributed by atoms with van der Waals surface area (Å²) in [5.41, 5.74) is 3.05. The van der Waals surface area contributed by atoms with E-state index in [0.717, 1.165) is 11.1 Å². The molecule has 0 aliphatic heterocycles. The van der Waals surface area contributed by atoms with Crippen molar-refractivity contribution in [3.05, 3.63) is 53.1 Å². The standard InChI is InChI=1S/C20H25N3O4/c1-13-11-15(19(24)21-2)6-7-16(13)23-20(25)22-10-9-14-5-8-17(26-3)18(12-14)27-4/h5-8,11-12H,9-10H2,1-4H3,(H,21,24)(H2,22,23,25). The monoisotopic (exact) mass is 371 g/mol. The lowest BCUT2D eigenvalue weighted by Gasteiger charge is -2.12. The second kappa shape index (κ2) is 9.47. The molecule has 0 bridgehead atoms. The number of anilines is 1. The van der Waals surface area contributed by atoms with E-state index >= 15 is 0 Å². The lowest BCUT2D eigenvalue weighted by atomic mass is 10.1. The van der Waals surface area contributed by atoms with Crippen molar-refractivity contribution in [3.8, 4) is 11.5 Å². The van der Waals surface area contributed by atoms with Crippen LogP contribution in [0.25, 0.3) is 0 Å². The summed E-state index contributed by atoms with van der Waals surface area (Å²) < 4.78 is 10.5. The summed E-state index contributed by atoms with van der Waals surface area (Å²) in [6, 6.07) is 10.5. The van der Waals surface area contributed by atoms with Gasteiger partial charge in [-0.25, -0.2) is 4.79 Å². The maximum atomic E-state index is 12.1. The quantitative estimate of drug-likeness (QED) is 0.698. The van der Waals surface area contributed by atoms with Crippen molar-refractivity contribution >= 4 is 17.6 Å². The molecule has 3 N–H and O–H groups in total. The average molecular weight is 371 g/mol. The molecule has 2 aromatic carbocycles. The van der Waals surface area contributed by atoms with Gasteiger partial charge in [0, 0.05) is 24.8 Å². The summed E-state index contributed by atoms with van der Waals surface area (Å²) in [7, 11) is 4.76. The Kier molecular flexibility index (Phi) is 7.05. The number of carbonyl (C=O) groups is 2. The number of benzene rings is 2. The van der Waals surface area contributed by atoms with E-state index in [1.807, 2.05) is 25.1 Å². The fourth-order valence-corrected chi connectivity index (χ4v) is 2.61. The molecule has 0 unspecified atom stereocenters. The molecule has 0 saturated carbocycles. The molecule has 0 aromatic heterocycles. The van der Waals surface area contributed by atoms with E-state index in [1.54, 1.807) is 39.5 Å². The zero-order chi connectivity index (χ0) is 19.8. The van der Waals surface area contributed by atoms with Gasteiger partial charge >= 0.3 is 6.03 Å². The van der Waals surface area contributed by atoms with E-state index in [0.29, 0.717) is 35.7 Å². The minimum Gasteiger partial charge on any atom is -0.493 e. The maximum absolute atomic E-state index is 12.1. The van der Waals surface area contributed by atoms with Gasteiger partial charge in [0.15, 0.2) is 11.5 Å². The van der Waals surface area contributed by atoms with Crippen molar-refractivity contribution in [2.75, 3.05) is 33.1 Å². The van der Waals surface area contributed by atoms with Crippen LogP contribution >= 0.6 is 0 Å². The molecule has 27 heavy (non-hydrogen) atoms. The second-order valence-electron chi connectivity index (χ2n) is 5.93. The second-order valence-corrected chi connectivity index (χ2v) is 5.93. The smallest absolute Gasteiger partial charge is 0.319 e. The molecule has 7 heteroatoms. The van der Waals surface area contributed by atoms with Gasteiger partial charge in [-0.15, -0.1) is 0 Å². The van der Waals surface area contributed by atoms with Gasteiger partial charge in [0.1, 0.15) is 0 Å². The fourth-order valence-electron chi connectivity index (χ4n) is 2.61. The zero-order valence-corrected chi connectivity index (χ0v) is 16.0. The highest BCUT2D eigenvalue weighted by molar-refractivity contribution is 5.96. The van der Waals surface area contributed by atoms with Gasteiger partial charge in [0.05, 0.1) is 14.2 Å². The zero-order valence-electron chi connectivity index (χ0n) is 16.0. The number of rotatable bonds is 7.